The standard InChI is InChI=1S/C15H23N3O/c1-10(2)7-8-18(12-4-5-12)14-6-3-11(15(17)19)9-13(14)16/h3,6,9-10,12H,4-5,7-8,16H2,1-2H3,(H2,17,19). The van der Waals surface area contributed by atoms with Crippen LogP contribution in [-0.2, 0) is 0 Å². The molecular formula is C15H23N3O. The molecule has 1 aromatic carbocycles. The molecule has 104 valence electrons. The normalized spacial score (nSPS) is 14.7. The maximum Gasteiger partial charge on any atom is 0.248 e. The molecule has 0 bridgehead atoms. The topological polar surface area (TPSA) is 72.3 Å². The molecule has 0 atom stereocenters. The van der Waals surface area contributed by atoms with Crippen LogP contribution in [0, 0.1) is 5.92 Å². The number of anilines is 2. The van der Waals surface area contributed by atoms with Crippen molar-refractivity contribution in [2.24, 2.45) is 11.7 Å². The lowest BCUT2D eigenvalue weighted by Gasteiger charge is -2.27. The summed E-state index contributed by atoms with van der Waals surface area (Å²) in [5, 5.41) is 0. The molecule has 1 saturated carbocycles. The van der Waals surface area contributed by atoms with Gasteiger partial charge in [-0.05, 0) is 43.4 Å². The largest absolute Gasteiger partial charge is 0.397 e. The molecule has 0 heterocycles. The van der Waals surface area contributed by atoms with Gasteiger partial charge in [-0.1, -0.05) is 13.8 Å². The van der Waals surface area contributed by atoms with Crippen molar-refractivity contribution in [1.29, 1.82) is 0 Å². The van der Waals surface area contributed by atoms with Crippen molar-refractivity contribution in [3.63, 3.8) is 0 Å². The average molecular weight is 261 g/mol. The highest BCUT2D eigenvalue weighted by Gasteiger charge is 2.30. The van der Waals surface area contributed by atoms with Gasteiger partial charge in [-0.3, -0.25) is 4.79 Å². The Balaban J connectivity index is 2.19. The van der Waals surface area contributed by atoms with Crippen molar-refractivity contribution in [3.05, 3.63) is 23.8 Å². The lowest BCUT2D eigenvalue weighted by Crippen LogP contribution is -2.28. The van der Waals surface area contributed by atoms with Crippen molar-refractivity contribution in [2.75, 3.05) is 17.2 Å². The fraction of sp³-hybridized carbons (Fsp3) is 0.533. The Morgan fingerprint density at radius 1 is 1.42 bits per heavy atom. The third-order valence-electron chi connectivity index (χ3n) is 3.56. The molecule has 4 heteroatoms. The summed E-state index contributed by atoms with van der Waals surface area (Å²) in [4.78, 5) is 13.5. The Labute approximate surface area is 114 Å². The Kier molecular flexibility index (Phi) is 3.98. The zero-order valence-corrected chi connectivity index (χ0v) is 11.7. The van der Waals surface area contributed by atoms with E-state index in [0.29, 0.717) is 23.2 Å². The van der Waals surface area contributed by atoms with E-state index >= 15 is 0 Å². The minimum atomic E-state index is -0.432. The van der Waals surface area contributed by atoms with Crippen LogP contribution >= 0.6 is 0 Å². The van der Waals surface area contributed by atoms with Crippen molar-refractivity contribution < 1.29 is 4.79 Å². The van der Waals surface area contributed by atoms with Gasteiger partial charge in [0.2, 0.25) is 5.91 Å². The van der Waals surface area contributed by atoms with Gasteiger partial charge in [0, 0.05) is 18.2 Å². The van der Waals surface area contributed by atoms with Crippen LogP contribution < -0.4 is 16.4 Å². The number of benzene rings is 1. The number of nitrogen functional groups attached to an aromatic ring is 1. The number of amides is 1. The number of hydrogen-bond donors (Lipinski definition) is 2. The summed E-state index contributed by atoms with van der Waals surface area (Å²) in [6, 6.07) is 5.98. The predicted octanol–water partition coefficient (Wildman–Crippen LogP) is 2.38. The monoisotopic (exact) mass is 261 g/mol. The smallest absolute Gasteiger partial charge is 0.248 e. The Morgan fingerprint density at radius 3 is 2.58 bits per heavy atom. The van der Waals surface area contributed by atoms with Crippen LogP contribution in [0.2, 0.25) is 0 Å². The first-order chi connectivity index (χ1) is 8.99. The highest BCUT2D eigenvalue weighted by molar-refractivity contribution is 5.95. The fourth-order valence-corrected chi connectivity index (χ4v) is 2.25. The van der Waals surface area contributed by atoms with Gasteiger partial charge in [-0.25, -0.2) is 0 Å². The van der Waals surface area contributed by atoms with E-state index in [-0.39, 0.29) is 0 Å². The van der Waals surface area contributed by atoms with E-state index in [4.69, 9.17) is 11.5 Å². The number of rotatable bonds is 6. The van der Waals surface area contributed by atoms with Crippen LogP contribution in [-0.4, -0.2) is 18.5 Å². The Bertz CT molecular complexity index is 466. The zero-order valence-electron chi connectivity index (χ0n) is 11.7. The van der Waals surface area contributed by atoms with Gasteiger partial charge in [0.25, 0.3) is 0 Å². The van der Waals surface area contributed by atoms with E-state index in [9.17, 15) is 4.79 Å². The van der Waals surface area contributed by atoms with Crippen LogP contribution in [0.5, 0.6) is 0 Å². The van der Waals surface area contributed by atoms with Gasteiger partial charge in [-0.2, -0.15) is 0 Å². The second-order valence-electron chi connectivity index (χ2n) is 5.74. The lowest BCUT2D eigenvalue weighted by molar-refractivity contribution is 0.100. The molecule has 1 aliphatic carbocycles. The summed E-state index contributed by atoms with van der Waals surface area (Å²) in [5.41, 5.74) is 13.5. The second kappa shape index (κ2) is 5.51. The predicted molar refractivity (Wildman–Crippen MR) is 79.2 cm³/mol. The summed E-state index contributed by atoms with van der Waals surface area (Å²) >= 11 is 0. The van der Waals surface area contributed by atoms with Gasteiger partial charge in [0.15, 0.2) is 0 Å². The minimum Gasteiger partial charge on any atom is -0.397 e. The molecule has 2 rings (SSSR count). The van der Waals surface area contributed by atoms with Crippen molar-refractivity contribution in [1.82, 2.24) is 0 Å². The summed E-state index contributed by atoms with van der Waals surface area (Å²) in [6.45, 7) is 5.47. The molecule has 0 aliphatic heterocycles. The van der Waals surface area contributed by atoms with Crippen LogP contribution in [0.15, 0.2) is 18.2 Å². The van der Waals surface area contributed by atoms with E-state index in [0.717, 1.165) is 18.7 Å². The number of carbonyl (C=O) groups excluding carboxylic acids is 1. The van der Waals surface area contributed by atoms with Gasteiger partial charge in [0.05, 0.1) is 11.4 Å². The van der Waals surface area contributed by atoms with E-state index in [1.54, 1.807) is 12.1 Å². The molecule has 1 aliphatic rings. The highest BCUT2D eigenvalue weighted by Crippen LogP contribution is 2.35. The van der Waals surface area contributed by atoms with Crippen LogP contribution in [0.4, 0.5) is 11.4 Å². The molecule has 1 aromatic rings. The lowest BCUT2D eigenvalue weighted by atomic mass is 10.1. The van der Waals surface area contributed by atoms with Gasteiger partial charge >= 0.3 is 0 Å². The van der Waals surface area contributed by atoms with Crippen molar-refractivity contribution in [2.45, 2.75) is 39.2 Å². The molecule has 1 amide bonds. The quantitative estimate of drug-likeness (QED) is 0.772. The first-order valence-electron chi connectivity index (χ1n) is 6.95. The van der Waals surface area contributed by atoms with Crippen LogP contribution in [0.3, 0.4) is 0 Å². The van der Waals surface area contributed by atoms with Gasteiger partial charge < -0.3 is 16.4 Å². The Morgan fingerprint density at radius 2 is 2.11 bits per heavy atom. The molecule has 0 aromatic heterocycles. The van der Waals surface area contributed by atoms with E-state index in [2.05, 4.69) is 18.7 Å². The average Bonchev–Trinajstić information content (AvgIpc) is 3.14. The molecule has 0 saturated heterocycles. The minimum absolute atomic E-state index is 0.432. The van der Waals surface area contributed by atoms with Crippen LogP contribution in [0.1, 0.15) is 43.5 Å². The molecule has 4 nitrogen and oxygen atoms in total. The molecule has 1 fully saturated rings. The fourth-order valence-electron chi connectivity index (χ4n) is 2.25. The van der Waals surface area contributed by atoms with Crippen LogP contribution in [0.25, 0.3) is 0 Å². The first-order valence-corrected chi connectivity index (χ1v) is 6.95. The molecule has 0 unspecified atom stereocenters. The maximum atomic E-state index is 11.1. The summed E-state index contributed by atoms with van der Waals surface area (Å²) in [6.07, 6.45) is 3.61. The number of hydrogen-bond acceptors (Lipinski definition) is 3. The second-order valence-corrected chi connectivity index (χ2v) is 5.74. The number of nitrogens with two attached hydrogens (primary N) is 2. The summed E-state index contributed by atoms with van der Waals surface area (Å²) < 4.78 is 0. The van der Waals surface area contributed by atoms with E-state index in [1.165, 1.54) is 12.8 Å². The SMILES string of the molecule is CC(C)CCN(c1ccc(C(N)=O)cc1N)C1CC1. The number of nitrogens with zero attached hydrogens (tertiary/aromatic N) is 1. The Hall–Kier alpha value is -1.71. The number of carbonyl (C=O) groups is 1. The molecule has 19 heavy (non-hydrogen) atoms. The first kappa shape index (κ1) is 13.7. The van der Waals surface area contributed by atoms with Gasteiger partial charge in [0.1, 0.15) is 0 Å². The summed E-state index contributed by atoms with van der Waals surface area (Å²) in [5.74, 6) is 0.241. The summed E-state index contributed by atoms with van der Waals surface area (Å²) in [7, 11) is 0. The molecule has 4 N–H and O–H groups in total. The molecule has 0 spiro atoms. The zero-order chi connectivity index (χ0) is 14.0. The third kappa shape index (κ3) is 3.40. The maximum absolute atomic E-state index is 11.1. The van der Waals surface area contributed by atoms with Crippen molar-refractivity contribution in [3.8, 4) is 0 Å². The molecule has 0 radical (unpaired) electrons. The third-order valence-corrected chi connectivity index (χ3v) is 3.56. The van der Waals surface area contributed by atoms with E-state index in [1.807, 2.05) is 6.07 Å². The highest BCUT2D eigenvalue weighted by atomic mass is 16.1. The van der Waals surface area contributed by atoms with Gasteiger partial charge in [-0.15, -0.1) is 0 Å². The number of primary amides is 1. The van der Waals surface area contributed by atoms with E-state index < -0.39 is 5.91 Å². The molecular weight excluding hydrogens is 238 g/mol. The van der Waals surface area contributed by atoms with Crippen molar-refractivity contribution >= 4 is 17.3 Å².